The predicted molar refractivity (Wildman–Crippen MR) is 83.7 cm³/mol. The Bertz CT molecular complexity index is 475. The van der Waals surface area contributed by atoms with Gasteiger partial charge in [0.25, 0.3) is 5.69 Å². The van der Waals surface area contributed by atoms with Crippen molar-refractivity contribution in [2.75, 3.05) is 37.6 Å². The third kappa shape index (κ3) is 3.53. The third-order valence-electron chi connectivity index (χ3n) is 4.79. The highest BCUT2D eigenvalue weighted by Crippen LogP contribution is 2.26. The minimum atomic E-state index is -0.344. The number of nitro groups is 1. The van der Waals surface area contributed by atoms with E-state index in [-0.39, 0.29) is 10.6 Å². The molecule has 21 heavy (non-hydrogen) atoms. The smallest absolute Gasteiger partial charge is 0.269 e. The Kier molecular flexibility index (Phi) is 4.39. The number of piperazine rings is 1. The van der Waals surface area contributed by atoms with Crippen molar-refractivity contribution < 1.29 is 4.92 Å². The van der Waals surface area contributed by atoms with Crippen LogP contribution in [0.3, 0.4) is 0 Å². The molecule has 1 heterocycles. The molecule has 114 valence electrons. The summed E-state index contributed by atoms with van der Waals surface area (Å²) in [6.07, 6.45) is 5.63. The summed E-state index contributed by atoms with van der Waals surface area (Å²) in [5.74, 6) is 0.913. The molecule has 0 aromatic heterocycles. The topological polar surface area (TPSA) is 49.6 Å². The Morgan fingerprint density at radius 3 is 2.24 bits per heavy atom. The molecule has 2 fully saturated rings. The van der Waals surface area contributed by atoms with E-state index in [0.717, 1.165) is 37.8 Å². The number of anilines is 1. The van der Waals surface area contributed by atoms with Crippen LogP contribution in [0.2, 0.25) is 0 Å². The van der Waals surface area contributed by atoms with Crippen molar-refractivity contribution >= 4 is 11.4 Å². The molecule has 0 bridgehead atoms. The fraction of sp³-hybridized carbons (Fsp3) is 0.625. The van der Waals surface area contributed by atoms with E-state index in [4.69, 9.17) is 0 Å². The lowest BCUT2D eigenvalue weighted by molar-refractivity contribution is -0.384. The van der Waals surface area contributed by atoms with Crippen LogP contribution < -0.4 is 4.90 Å². The Morgan fingerprint density at radius 1 is 1.05 bits per heavy atom. The van der Waals surface area contributed by atoms with Gasteiger partial charge in [0, 0.05) is 50.5 Å². The van der Waals surface area contributed by atoms with Gasteiger partial charge >= 0.3 is 0 Å². The summed E-state index contributed by atoms with van der Waals surface area (Å²) < 4.78 is 0. The first kappa shape index (κ1) is 14.3. The molecule has 1 aromatic rings. The molecule has 1 saturated carbocycles. The molecule has 5 heteroatoms. The molecule has 3 rings (SSSR count). The zero-order chi connectivity index (χ0) is 14.7. The van der Waals surface area contributed by atoms with Crippen LogP contribution in [0.1, 0.15) is 25.7 Å². The summed E-state index contributed by atoms with van der Waals surface area (Å²) >= 11 is 0. The second kappa shape index (κ2) is 6.43. The van der Waals surface area contributed by atoms with Crippen LogP contribution in [0.25, 0.3) is 0 Å². The lowest BCUT2D eigenvalue weighted by Crippen LogP contribution is -2.47. The normalized spacial score (nSPS) is 20.9. The molecule has 0 unspecified atom stereocenters. The maximum atomic E-state index is 10.7. The highest BCUT2D eigenvalue weighted by atomic mass is 16.6. The summed E-state index contributed by atoms with van der Waals surface area (Å²) in [6, 6.07) is 6.93. The van der Waals surface area contributed by atoms with E-state index in [1.54, 1.807) is 12.1 Å². The highest BCUT2D eigenvalue weighted by molar-refractivity contribution is 5.51. The van der Waals surface area contributed by atoms with Crippen LogP contribution in [-0.2, 0) is 0 Å². The summed E-state index contributed by atoms with van der Waals surface area (Å²) in [6.45, 7) is 5.50. The van der Waals surface area contributed by atoms with Gasteiger partial charge in [-0.25, -0.2) is 0 Å². The lowest BCUT2D eigenvalue weighted by Gasteiger charge is -2.37. The van der Waals surface area contributed by atoms with Crippen molar-refractivity contribution in [1.29, 1.82) is 0 Å². The molecule has 0 amide bonds. The SMILES string of the molecule is O=[N+]([O-])c1ccc(N2CCN(CC3CCCC3)CC2)cc1. The molecule has 1 saturated heterocycles. The zero-order valence-corrected chi connectivity index (χ0v) is 12.4. The van der Waals surface area contributed by atoms with Gasteiger partial charge in [0.2, 0.25) is 0 Å². The van der Waals surface area contributed by atoms with E-state index in [0.29, 0.717) is 0 Å². The largest absolute Gasteiger partial charge is 0.369 e. The van der Waals surface area contributed by atoms with Crippen LogP contribution in [0.4, 0.5) is 11.4 Å². The molecule has 1 aliphatic carbocycles. The van der Waals surface area contributed by atoms with Gasteiger partial charge in [0.1, 0.15) is 0 Å². The summed E-state index contributed by atoms with van der Waals surface area (Å²) in [7, 11) is 0. The molecule has 0 atom stereocenters. The Morgan fingerprint density at radius 2 is 1.67 bits per heavy atom. The molecule has 0 spiro atoms. The third-order valence-corrected chi connectivity index (χ3v) is 4.79. The number of nitrogens with zero attached hydrogens (tertiary/aromatic N) is 3. The first-order chi connectivity index (χ1) is 10.2. The summed E-state index contributed by atoms with van der Waals surface area (Å²) in [5, 5.41) is 10.7. The van der Waals surface area contributed by atoms with Crippen molar-refractivity contribution in [2.45, 2.75) is 25.7 Å². The van der Waals surface area contributed by atoms with Crippen molar-refractivity contribution in [3.05, 3.63) is 34.4 Å². The number of rotatable bonds is 4. The van der Waals surface area contributed by atoms with Gasteiger partial charge in [0.15, 0.2) is 0 Å². The fourth-order valence-corrected chi connectivity index (χ4v) is 3.53. The second-order valence-corrected chi connectivity index (χ2v) is 6.21. The Balaban J connectivity index is 1.51. The molecule has 0 radical (unpaired) electrons. The maximum absolute atomic E-state index is 10.7. The number of nitro benzene ring substituents is 1. The Labute approximate surface area is 125 Å². The standard InChI is InChI=1S/C16H23N3O2/c20-19(21)16-7-5-15(6-8-16)18-11-9-17(10-12-18)13-14-3-1-2-4-14/h5-8,14H,1-4,9-13H2. The monoisotopic (exact) mass is 289 g/mol. The molecule has 1 aromatic carbocycles. The average molecular weight is 289 g/mol. The van der Waals surface area contributed by atoms with Gasteiger partial charge in [-0.15, -0.1) is 0 Å². The maximum Gasteiger partial charge on any atom is 0.269 e. The summed E-state index contributed by atoms with van der Waals surface area (Å²) in [5.41, 5.74) is 1.26. The van der Waals surface area contributed by atoms with E-state index in [2.05, 4.69) is 9.80 Å². The number of hydrogen-bond donors (Lipinski definition) is 0. The van der Waals surface area contributed by atoms with Gasteiger partial charge in [-0.2, -0.15) is 0 Å². The quantitative estimate of drug-likeness (QED) is 0.631. The molecular formula is C16H23N3O2. The minimum Gasteiger partial charge on any atom is -0.369 e. The van der Waals surface area contributed by atoms with E-state index in [1.807, 2.05) is 12.1 Å². The first-order valence-electron chi connectivity index (χ1n) is 7.94. The van der Waals surface area contributed by atoms with Crippen molar-refractivity contribution in [3.63, 3.8) is 0 Å². The van der Waals surface area contributed by atoms with Gasteiger partial charge in [-0.1, -0.05) is 12.8 Å². The van der Waals surface area contributed by atoms with Crippen LogP contribution in [-0.4, -0.2) is 42.5 Å². The molecule has 1 aliphatic heterocycles. The lowest BCUT2D eigenvalue weighted by atomic mass is 10.1. The first-order valence-corrected chi connectivity index (χ1v) is 7.94. The van der Waals surface area contributed by atoms with Crippen molar-refractivity contribution in [2.24, 2.45) is 5.92 Å². The van der Waals surface area contributed by atoms with E-state index < -0.39 is 0 Å². The highest BCUT2D eigenvalue weighted by Gasteiger charge is 2.22. The van der Waals surface area contributed by atoms with Crippen LogP contribution in [0.5, 0.6) is 0 Å². The number of hydrogen-bond acceptors (Lipinski definition) is 4. The fourth-order valence-electron chi connectivity index (χ4n) is 3.53. The Hall–Kier alpha value is -1.62. The van der Waals surface area contributed by atoms with Gasteiger partial charge in [0.05, 0.1) is 4.92 Å². The number of benzene rings is 1. The van der Waals surface area contributed by atoms with Crippen LogP contribution in [0.15, 0.2) is 24.3 Å². The van der Waals surface area contributed by atoms with Crippen LogP contribution >= 0.6 is 0 Å². The average Bonchev–Trinajstić information content (AvgIpc) is 3.01. The van der Waals surface area contributed by atoms with Gasteiger partial charge in [-0.3, -0.25) is 15.0 Å². The van der Waals surface area contributed by atoms with Crippen molar-refractivity contribution in [1.82, 2.24) is 4.90 Å². The molecule has 0 N–H and O–H groups in total. The molecule has 5 nitrogen and oxygen atoms in total. The number of non-ortho nitro benzene ring substituents is 1. The summed E-state index contributed by atoms with van der Waals surface area (Å²) in [4.78, 5) is 15.2. The molecule has 2 aliphatic rings. The zero-order valence-electron chi connectivity index (χ0n) is 12.4. The minimum absolute atomic E-state index is 0.165. The van der Waals surface area contributed by atoms with E-state index in [9.17, 15) is 10.1 Å². The van der Waals surface area contributed by atoms with E-state index >= 15 is 0 Å². The predicted octanol–water partition coefficient (Wildman–Crippen LogP) is 2.91. The van der Waals surface area contributed by atoms with Gasteiger partial charge < -0.3 is 4.90 Å². The van der Waals surface area contributed by atoms with Gasteiger partial charge in [-0.05, 0) is 30.9 Å². The van der Waals surface area contributed by atoms with Crippen molar-refractivity contribution in [3.8, 4) is 0 Å². The van der Waals surface area contributed by atoms with E-state index in [1.165, 1.54) is 32.2 Å². The van der Waals surface area contributed by atoms with Crippen LogP contribution in [0, 0.1) is 16.0 Å². The molecular weight excluding hydrogens is 266 g/mol. The second-order valence-electron chi connectivity index (χ2n) is 6.21.